The largest absolute Gasteiger partial charge is 0.423 e. The van der Waals surface area contributed by atoms with E-state index < -0.39 is 11.9 Å². The maximum absolute atomic E-state index is 12.8. The quantitative estimate of drug-likeness (QED) is 0.319. The molecule has 0 unspecified atom stereocenters. The van der Waals surface area contributed by atoms with Gasteiger partial charge in [0.05, 0.1) is 11.1 Å². The summed E-state index contributed by atoms with van der Waals surface area (Å²) in [4.78, 5) is 25.6. The number of carbonyl (C=O) groups excluding carboxylic acids is 2. The molecule has 0 aliphatic rings. The number of benzene rings is 4. The van der Waals surface area contributed by atoms with E-state index in [9.17, 15) is 9.59 Å². The molecule has 4 rings (SSSR count). The minimum Gasteiger partial charge on any atom is -0.423 e. The monoisotopic (exact) mass is 396 g/mol. The Hall–Kier alpha value is -3.92. The van der Waals surface area contributed by atoms with E-state index >= 15 is 0 Å². The summed E-state index contributed by atoms with van der Waals surface area (Å²) >= 11 is 0. The zero-order valence-electron chi connectivity index (χ0n) is 16.7. The highest BCUT2D eigenvalue weighted by atomic mass is 16.5. The third kappa shape index (κ3) is 4.08. The van der Waals surface area contributed by atoms with Crippen LogP contribution in [0.1, 0.15) is 31.8 Å². The number of rotatable bonds is 4. The number of aryl methyl sites for hydroxylation is 2. The van der Waals surface area contributed by atoms with Gasteiger partial charge in [-0.15, -0.1) is 0 Å². The third-order valence-corrected chi connectivity index (χ3v) is 4.82. The first-order chi connectivity index (χ1) is 14.5. The van der Waals surface area contributed by atoms with Crippen LogP contribution in [0.4, 0.5) is 0 Å². The molecule has 4 aromatic rings. The van der Waals surface area contributed by atoms with E-state index in [1.807, 2.05) is 38.1 Å². The predicted octanol–water partition coefficient (Wildman–Crippen LogP) is 5.90. The molecule has 4 aromatic carbocycles. The fraction of sp³-hybridized carbons (Fsp3) is 0.0769. The molecule has 0 atom stereocenters. The third-order valence-electron chi connectivity index (χ3n) is 4.82. The summed E-state index contributed by atoms with van der Waals surface area (Å²) in [6.07, 6.45) is 0. The van der Waals surface area contributed by atoms with Crippen LogP contribution in [0.25, 0.3) is 10.8 Å². The number of carbonyl (C=O) groups is 2. The van der Waals surface area contributed by atoms with Crippen LogP contribution in [0.5, 0.6) is 11.5 Å². The molecular formula is C26H20O4. The van der Waals surface area contributed by atoms with E-state index in [-0.39, 0.29) is 0 Å². The summed E-state index contributed by atoms with van der Waals surface area (Å²) in [6.45, 7) is 3.93. The molecule has 0 spiro atoms. The van der Waals surface area contributed by atoms with Gasteiger partial charge in [0.1, 0.15) is 11.5 Å². The molecule has 0 aliphatic heterocycles. The number of hydrogen-bond acceptors (Lipinski definition) is 4. The van der Waals surface area contributed by atoms with Gasteiger partial charge >= 0.3 is 11.9 Å². The van der Waals surface area contributed by atoms with Crippen molar-refractivity contribution in [3.8, 4) is 11.5 Å². The average molecular weight is 396 g/mol. The van der Waals surface area contributed by atoms with Crippen LogP contribution < -0.4 is 9.47 Å². The van der Waals surface area contributed by atoms with E-state index in [1.54, 1.807) is 60.7 Å². The smallest absolute Gasteiger partial charge is 0.344 e. The molecule has 148 valence electrons. The number of ether oxygens (including phenoxy) is 2. The van der Waals surface area contributed by atoms with Gasteiger partial charge in [0, 0.05) is 0 Å². The van der Waals surface area contributed by atoms with E-state index in [1.165, 1.54) is 0 Å². The van der Waals surface area contributed by atoms with Crippen molar-refractivity contribution in [3.63, 3.8) is 0 Å². The van der Waals surface area contributed by atoms with Gasteiger partial charge in [-0.05, 0) is 61.0 Å². The molecule has 0 aliphatic carbocycles. The second-order valence-electron chi connectivity index (χ2n) is 7.11. The topological polar surface area (TPSA) is 52.6 Å². The Kier molecular flexibility index (Phi) is 5.31. The van der Waals surface area contributed by atoms with Crippen LogP contribution in [0.15, 0.2) is 84.9 Å². The van der Waals surface area contributed by atoms with Crippen molar-refractivity contribution in [1.29, 1.82) is 0 Å². The summed E-state index contributed by atoms with van der Waals surface area (Å²) in [5.41, 5.74) is 2.93. The lowest BCUT2D eigenvalue weighted by molar-refractivity contribution is 0.0725. The van der Waals surface area contributed by atoms with Gasteiger partial charge in [-0.2, -0.15) is 0 Å². The summed E-state index contributed by atoms with van der Waals surface area (Å²) in [5, 5.41) is 1.26. The van der Waals surface area contributed by atoms with Crippen LogP contribution in [-0.4, -0.2) is 11.9 Å². The lowest BCUT2D eigenvalue weighted by atomic mass is 10.00. The van der Waals surface area contributed by atoms with Gasteiger partial charge in [0.15, 0.2) is 0 Å². The zero-order chi connectivity index (χ0) is 21.1. The van der Waals surface area contributed by atoms with Crippen molar-refractivity contribution >= 4 is 22.7 Å². The lowest BCUT2D eigenvalue weighted by Gasteiger charge is -2.11. The Balaban J connectivity index is 1.65. The Morgan fingerprint density at radius 2 is 0.900 bits per heavy atom. The summed E-state index contributed by atoms with van der Waals surface area (Å²) < 4.78 is 11.0. The van der Waals surface area contributed by atoms with Crippen LogP contribution in [0.3, 0.4) is 0 Å². The number of hydrogen-bond donors (Lipinski definition) is 0. The van der Waals surface area contributed by atoms with Crippen molar-refractivity contribution in [2.45, 2.75) is 13.8 Å². The van der Waals surface area contributed by atoms with Crippen LogP contribution in [0.2, 0.25) is 0 Å². The van der Waals surface area contributed by atoms with E-state index in [0.29, 0.717) is 33.4 Å². The average Bonchev–Trinajstić information content (AvgIpc) is 2.76. The fourth-order valence-corrected chi connectivity index (χ4v) is 3.20. The molecule has 0 bridgehead atoms. The Bertz CT molecular complexity index is 1120. The van der Waals surface area contributed by atoms with Crippen LogP contribution in [0, 0.1) is 13.8 Å². The van der Waals surface area contributed by atoms with Crippen LogP contribution in [-0.2, 0) is 0 Å². The maximum Gasteiger partial charge on any atom is 0.344 e. The minimum absolute atomic E-state index is 0.387. The van der Waals surface area contributed by atoms with Gasteiger partial charge in [-0.3, -0.25) is 0 Å². The molecule has 0 radical (unpaired) electrons. The SMILES string of the molecule is Cc1ccc(OC(=O)c2cccc3c(C(=O)Oc4ccc(C)cc4)cccc23)cc1. The second-order valence-corrected chi connectivity index (χ2v) is 7.11. The fourth-order valence-electron chi connectivity index (χ4n) is 3.20. The van der Waals surface area contributed by atoms with E-state index in [0.717, 1.165) is 11.1 Å². The van der Waals surface area contributed by atoms with Crippen molar-refractivity contribution in [2.24, 2.45) is 0 Å². The van der Waals surface area contributed by atoms with E-state index in [4.69, 9.17) is 9.47 Å². The standard InChI is InChI=1S/C26H20O4/c1-17-9-13-19(14-10-17)29-25(27)23-7-3-6-22-21(23)5-4-8-24(22)26(28)30-20-15-11-18(2)12-16-20/h3-16H,1-2H3. The predicted molar refractivity (Wildman–Crippen MR) is 116 cm³/mol. The summed E-state index contributed by atoms with van der Waals surface area (Å²) in [7, 11) is 0. The maximum atomic E-state index is 12.8. The van der Waals surface area contributed by atoms with Gasteiger partial charge in [-0.25, -0.2) is 9.59 Å². The molecule has 30 heavy (non-hydrogen) atoms. The van der Waals surface area contributed by atoms with Gasteiger partial charge < -0.3 is 9.47 Å². The highest BCUT2D eigenvalue weighted by Gasteiger charge is 2.17. The first kappa shape index (κ1) is 19.4. The molecule has 0 aromatic heterocycles. The van der Waals surface area contributed by atoms with Crippen molar-refractivity contribution in [1.82, 2.24) is 0 Å². The first-order valence-corrected chi connectivity index (χ1v) is 9.61. The van der Waals surface area contributed by atoms with Crippen molar-refractivity contribution in [2.75, 3.05) is 0 Å². The highest BCUT2D eigenvalue weighted by Crippen LogP contribution is 2.25. The number of esters is 2. The van der Waals surface area contributed by atoms with Crippen molar-refractivity contribution < 1.29 is 19.1 Å². The molecule has 4 nitrogen and oxygen atoms in total. The van der Waals surface area contributed by atoms with Crippen molar-refractivity contribution in [3.05, 3.63) is 107 Å². The summed E-state index contributed by atoms with van der Waals surface area (Å²) in [6, 6.07) is 25.0. The Morgan fingerprint density at radius 1 is 0.533 bits per heavy atom. The molecule has 4 heteroatoms. The molecule has 0 amide bonds. The normalized spacial score (nSPS) is 10.6. The zero-order valence-corrected chi connectivity index (χ0v) is 16.7. The highest BCUT2D eigenvalue weighted by molar-refractivity contribution is 6.11. The first-order valence-electron chi connectivity index (χ1n) is 9.61. The van der Waals surface area contributed by atoms with Gasteiger partial charge in [0.2, 0.25) is 0 Å². The minimum atomic E-state index is -0.478. The lowest BCUT2D eigenvalue weighted by Crippen LogP contribution is -2.11. The molecular weight excluding hydrogens is 376 g/mol. The Labute approximate surface area is 174 Å². The Morgan fingerprint density at radius 3 is 1.27 bits per heavy atom. The molecule has 0 fully saturated rings. The van der Waals surface area contributed by atoms with Gasteiger partial charge in [0.25, 0.3) is 0 Å². The molecule has 0 saturated carbocycles. The summed E-state index contributed by atoms with van der Waals surface area (Å²) in [5.74, 6) is -0.0166. The molecule has 0 saturated heterocycles. The van der Waals surface area contributed by atoms with E-state index in [2.05, 4.69) is 0 Å². The molecule has 0 heterocycles. The second kappa shape index (κ2) is 8.21. The number of fused-ring (bicyclic) bond motifs is 1. The van der Waals surface area contributed by atoms with Gasteiger partial charge in [-0.1, -0.05) is 59.7 Å². The van der Waals surface area contributed by atoms with Crippen LogP contribution >= 0.6 is 0 Å². The molecule has 0 N–H and O–H groups in total.